The number of carbonyl (C=O) groups excluding carboxylic acids is 3. The third-order valence-electron chi connectivity index (χ3n) is 7.50. The molecule has 0 spiro atoms. The summed E-state index contributed by atoms with van der Waals surface area (Å²) in [6.07, 6.45) is 8.38. The predicted molar refractivity (Wildman–Crippen MR) is 149 cm³/mol. The zero-order chi connectivity index (χ0) is 28.3. The number of hydrogen-bond acceptors (Lipinski definition) is 7. The van der Waals surface area contributed by atoms with Crippen LogP contribution in [0.5, 0.6) is 0 Å². The minimum Gasteiger partial charge on any atom is -0.444 e. The number of nitrogens with one attached hydrogen (secondary N) is 1. The highest BCUT2D eigenvalue weighted by Crippen LogP contribution is 2.33. The van der Waals surface area contributed by atoms with E-state index in [-0.39, 0.29) is 36.1 Å². The van der Waals surface area contributed by atoms with Crippen molar-refractivity contribution >= 4 is 17.9 Å². The summed E-state index contributed by atoms with van der Waals surface area (Å²) in [7, 11) is 0. The molecule has 3 amide bonds. The van der Waals surface area contributed by atoms with Gasteiger partial charge in [-0.05, 0) is 71.4 Å². The SMILES string of the molecule is CC(C)(C)OC(=O)N1CCC(N(C(=O)c2cnc(-c3ccc(C(=O)NCC4CCCO4)cc3)nc2)C2CC2)CC1. The number of aromatic nitrogens is 2. The van der Waals surface area contributed by atoms with Crippen molar-refractivity contribution in [1.29, 1.82) is 0 Å². The average Bonchev–Trinajstić information content (AvgIpc) is 3.64. The predicted octanol–water partition coefficient (Wildman–Crippen LogP) is 4.06. The van der Waals surface area contributed by atoms with E-state index in [0.29, 0.717) is 49.4 Å². The second-order valence-corrected chi connectivity index (χ2v) is 11.9. The van der Waals surface area contributed by atoms with Crippen LogP contribution in [0.25, 0.3) is 11.4 Å². The number of ether oxygens (including phenoxy) is 2. The first kappa shape index (κ1) is 28.0. The number of carbonyl (C=O) groups is 3. The summed E-state index contributed by atoms with van der Waals surface area (Å²) in [6.45, 7) is 7.98. The molecule has 3 aliphatic rings. The Morgan fingerprint density at radius 2 is 1.62 bits per heavy atom. The first-order chi connectivity index (χ1) is 19.2. The lowest BCUT2D eigenvalue weighted by Crippen LogP contribution is -2.50. The number of nitrogens with zero attached hydrogens (tertiary/aromatic N) is 4. The number of rotatable bonds is 7. The van der Waals surface area contributed by atoms with Gasteiger partial charge in [0.25, 0.3) is 11.8 Å². The minimum atomic E-state index is -0.531. The molecule has 0 bridgehead atoms. The fourth-order valence-electron chi connectivity index (χ4n) is 5.26. The van der Waals surface area contributed by atoms with Crippen LogP contribution in [0.3, 0.4) is 0 Å². The maximum atomic E-state index is 13.5. The molecule has 3 fully saturated rings. The molecule has 0 radical (unpaired) electrons. The first-order valence-corrected chi connectivity index (χ1v) is 14.3. The van der Waals surface area contributed by atoms with Crippen molar-refractivity contribution in [2.24, 2.45) is 0 Å². The average molecular weight is 550 g/mol. The van der Waals surface area contributed by atoms with Crippen LogP contribution >= 0.6 is 0 Å². The summed E-state index contributed by atoms with van der Waals surface area (Å²) in [4.78, 5) is 51.1. The lowest BCUT2D eigenvalue weighted by atomic mass is 10.0. The molecule has 1 aromatic heterocycles. The van der Waals surface area contributed by atoms with Gasteiger partial charge in [-0.3, -0.25) is 9.59 Å². The van der Waals surface area contributed by atoms with E-state index >= 15 is 0 Å². The van der Waals surface area contributed by atoms with Gasteiger partial charge in [0.15, 0.2) is 5.82 Å². The highest BCUT2D eigenvalue weighted by atomic mass is 16.6. The Hall–Kier alpha value is -3.53. The molecule has 1 saturated carbocycles. The molecule has 2 aromatic rings. The molecule has 5 rings (SSSR count). The van der Waals surface area contributed by atoms with Gasteiger partial charge >= 0.3 is 6.09 Å². The highest BCUT2D eigenvalue weighted by molar-refractivity contribution is 5.95. The molecule has 40 heavy (non-hydrogen) atoms. The van der Waals surface area contributed by atoms with Crippen LogP contribution < -0.4 is 5.32 Å². The fraction of sp³-hybridized carbons (Fsp3) is 0.567. The summed E-state index contributed by atoms with van der Waals surface area (Å²) < 4.78 is 11.1. The highest BCUT2D eigenvalue weighted by Gasteiger charge is 2.40. The molecule has 10 nitrogen and oxygen atoms in total. The molecule has 1 aliphatic carbocycles. The van der Waals surface area contributed by atoms with Gasteiger partial charge in [0, 0.05) is 61.8 Å². The van der Waals surface area contributed by atoms with Gasteiger partial charge in [-0.2, -0.15) is 0 Å². The molecule has 10 heteroatoms. The molecule has 3 heterocycles. The smallest absolute Gasteiger partial charge is 0.410 e. The fourth-order valence-corrected chi connectivity index (χ4v) is 5.26. The molecule has 214 valence electrons. The second kappa shape index (κ2) is 11.9. The van der Waals surface area contributed by atoms with E-state index in [0.717, 1.165) is 37.9 Å². The van der Waals surface area contributed by atoms with Crippen LogP contribution in [-0.4, -0.2) is 87.7 Å². The van der Waals surface area contributed by atoms with Gasteiger partial charge in [-0.15, -0.1) is 0 Å². The van der Waals surface area contributed by atoms with Gasteiger partial charge < -0.3 is 24.6 Å². The van der Waals surface area contributed by atoms with E-state index in [4.69, 9.17) is 9.47 Å². The Labute approximate surface area is 235 Å². The zero-order valence-corrected chi connectivity index (χ0v) is 23.6. The van der Waals surface area contributed by atoms with Crippen LogP contribution in [0.1, 0.15) is 80.0 Å². The minimum absolute atomic E-state index is 0.0666. The van der Waals surface area contributed by atoms with Crippen LogP contribution in [0.2, 0.25) is 0 Å². The Morgan fingerprint density at radius 3 is 2.20 bits per heavy atom. The Bertz CT molecular complexity index is 1190. The Balaban J connectivity index is 1.18. The second-order valence-electron chi connectivity index (χ2n) is 11.9. The van der Waals surface area contributed by atoms with Gasteiger partial charge in [0.1, 0.15) is 5.60 Å². The topological polar surface area (TPSA) is 114 Å². The van der Waals surface area contributed by atoms with Crippen LogP contribution in [0.15, 0.2) is 36.7 Å². The maximum Gasteiger partial charge on any atom is 0.410 e. The van der Waals surface area contributed by atoms with E-state index < -0.39 is 5.60 Å². The molecule has 1 unspecified atom stereocenters. The van der Waals surface area contributed by atoms with Crippen molar-refractivity contribution in [1.82, 2.24) is 25.1 Å². The summed E-state index contributed by atoms with van der Waals surface area (Å²) in [5.41, 5.74) is 1.25. The molecule has 2 saturated heterocycles. The van der Waals surface area contributed by atoms with Gasteiger partial charge in [-0.25, -0.2) is 14.8 Å². The standard InChI is InChI=1S/C30H39N5O5/c1-30(2,3)40-29(38)34-14-12-24(13-15-34)35(23-10-11-23)28(37)22-17-31-26(32-18-22)20-6-8-21(9-7-20)27(36)33-19-25-5-4-16-39-25/h6-9,17-18,23-25H,4-5,10-16,19H2,1-3H3,(H,33,36). The molecule has 1 atom stereocenters. The summed E-state index contributed by atoms with van der Waals surface area (Å²) in [6, 6.07) is 7.42. The van der Waals surface area contributed by atoms with Crippen LogP contribution in [0.4, 0.5) is 4.79 Å². The summed E-state index contributed by atoms with van der Waals surface area (Å²) >= 11 is 0. The first-order valence-electron chi connectivity index (χ1n) is 14.3. The molecule has 2 aliphatic heterocycles. The van der Waals surface area contributed by atoms with E-state index in [9.17, 15) is 14.4 Å². The molecule has 1 aromatic carbocycles. The quantitative estimate of drug-likeness (QED) is 0.554. The third-order valence-corrected chi connectivity index (χ3v) is 7.50. The van der Waals surface area contributed by atoms with Crippen molar-refractivity contribution < 1.29 is 23.9 Å². The monoisotopic (exact) mass is 549 g/mol. The molecular formula is C30H39N5O5. The Kier molecular flexibility index (Phi) is 8.35. The summed E-state index contributed by atoms with van der Waals surface area (Å²) in [5.74, 6) is 0.288. The molecule has 1 N–H and O–H groups in total. The van der Waals surface area contributed by atoms with Crippen LogP contribution in [0, 0.1) is 0 Å². The maximum absolute atomic E-state index is 13.5. The van der Waals surface area contributed by atoms with Crippen LogP contribution in [-0.2, 0) is 9.47 Å². The van der Waals surface area contributed by atoms with Crippen molar-refractivity contribution in [3.05, 3.63) is 47.8 Å². The Morgan fingerprint density at radius 1 is 0.975 bits per heavy atom. The number of benzene rings is 1. The number of piperidine rings is 1. The number of hydrogen-bond donors (Lipinski definition) is 1. The van der Waals surface area contributed by atoms with Crippen molar-refractivity contribution in [2.75, 3.05) is 26.2 Å². The van der Waals surface area contributed by atoms with Crippen molar-refractivity contribution in [3.8, 4) is 11.4 Å². The lowest BCUT2D eigenvalue weighted by Gasteiger charge is -2.39. The van der Waals surface area contributed by atoms with Gasteiger partial charge in [-0.1, -0.05) is 12.1 Å². The summed E-state index contributed by atoms with van der Waals surface area (Å²) in [5, 5.41) is 2.93. The number of amides is 3. The van der Waals surface area contributed by atoms with E-state index in [1.54, 1.807) is 29.4 Å². The normalized spacial score (nSPS) is 19.8. The van der Waals surface area contributed by atoms with Gasteiger partial charge in [0.2, 0.25) is 0 Å². The van der Waals surface area contributed by atoms with Crippen molar-refractivity contribution in [3.63, 3.8) is 0 Å². The van der Waals surface area contributed by atoms with E-state index in [1.807, 2.05) is 37.8 Å². The van der Waals surface area contributed by atoms with E-state index in [1.165, 1.54) is 0 Å². The van der Waals surface area contributed by atoms with E-state index in [2.05, 4.69) is 15.3 Å². The number of likely N-dealkylation sites (tertiary alicyclic amines) is 1. The zero-order valence-electron chi connectivity index (χ0n) is 23.6. The molecular weight excluding hydrogens is 510 g/mol. The lowest BCUT2D eigenvalue weighted by molar-refractivity contribution is 0.0142. The third kappa shape index (κ3) is 6.96. The largest absolute Gasteiger partial charge is 0.444 e. The van der Waals surface area contributed by atoms with Gasteiger partial charge in [0.05, 0.1) is 11.7 Å². The van der Waals surface area contributed by atoms with Crippen molar-refractivity contribution in [2.45, 2.75) is 83.1 Å².